The number of carbonyl (C=O) groups is 1. The van der Waals surface area contributed by atoms with Crippen molar-refractivity contribution in [3.63, 3.8) is 0 Å². The molecule has 0 N–H and O–H groups in total. The first kappa shape index (κ1) is 21.7. The second-order valence-corrected chi connectivity index (χ2v) is 8.22. The molecule has 0 aliphatic carbocycles. The van der Waals surface area contributed by atoms with Crippen LogP contribution in [0.4, 0.5) is 5.69 Å². The quantitative estimate of drug-likeness (QED) is 0.296. The van der Waals surface area contributed by atoms with Crippen molar-refractivity contribution < 1.29 is 9.53 Å². The first-order chi connectivity index (χ1) is 16.7. The smallest absolute Gasteiger partial charge is 0.281 e. The average Bonchev–Trinajstić information content (AvgIpc) is 3.20. The Morgan fingerprint density at radius 2 is 1.53 bits per heavy atom. The van der Waals surface area contributed by atoms with E-state index in [9.17, 15) is 4.79 Å². The fraction of sp³-hybridized carbons (Fsp3) is 0.0345. The van der Waals surface area contributed by atoms with Crippen LogP contribution in [0.3, 0.4) is 0 Å². The molecule has 0 unspecified atom stereocenters. The Morgan fingerprint density at radius 3 is 2.29 bits per heavy atom. The summed E-state index contributed by atoms with van der Waals surface area (Å²) in [5.74, 6) is 0.489. The number of amides is 1. The average molecular weight is 465 g/mol. The van der Waals surface area contributed by atoms with Crippen molar-refractivity contribution in [2.24, 2.45) is 5.10 Å². The Bertz CT molecular complexity index is 1380. The summed E-state index contributed by atoms with van der Waals surface area (Å²) in [5, 5.41) is 6.81. The highest BCUT2D eigenvalue weighted by molar-refractivity contribution is 6.37. The van der Waals surface area contributed by atoms with Gasteiger partial charge in [0.1, 0.15) is 18.1 Å². The van der Waals surface area contributed by atoms with Gasteiger partial charge in [-0.1, -0.05) is 90.5 Å². The van der Waals surface area contributed by atoms with Gasteiger partial charge in [0.2, 0.25) is 0 Å². The zero-order valence-electron chi connectivity index (χ0n) is 18.3. The molecule has 34 heavy (non-hydrogen) atoms. The molecule has 0 atom stereocenters. The number of halogens is 1. The van der Waals surface area contributed by atoms with Crippen LogP contribution in [0.15, 0.2) is 120 Å². The molecule has 0 saturated heterocycles. The van der Waals surface area contributed by atoms with Gasteiger partial charge in [-0.2, -0.15) is 10.1 Å². The SMILES string of the molecule is O=C1/C(=C\c2ccccc2OCc2cccc(Cl)c2)C(c2ccccc2)=NN1c1ccccc1. The molecule has 0 saturated carbocycles. The molecule has 5 heteroatoms. The number of anilines is 1. The van der Waals surface area contributed by atoms with Crippen LogP contribution < -0.4 is 9.75 Å². The lowest BCUT2D eigenvalue weighted by Crippen LogP contribution is -2.21. The zero-order chi connectivity index (χ0) is 23.3. The van der Waals surface area contributed by atoms with Gasteiger partial charge < -0.3 is 4.74 Å². The van der Waals surface area contributed by atoms with Crippen molar-refractivity contribution in [3.8, 4) is 5.75 Å². The van der Waals surface area contributed by atoms with E-state index in [1.807, 2.05) is 115 Å². The first-order valence-corrected chi connectivity index (χ1v) is 11.3. The molecule has 1 aliphatic rings. The van der Waals surface area contributed by atoms with Crippen LogP contribution in [0.1, 0.15) is 16.7 Å². The number of rotatable bonds is 6. The van der Waals surface area contributed by atoms with Crippen LogP contribution in [0, 0.1) is 0 Å². The molecule has 0 bridgehead atoms. The topological polar surface area (TPSA) is 41.9 Å². The Morgan fingerprint density at radius 1 is 0.824 bits per heavy atom. The minimum absolute atomic E-state index is 0.185. The summed E-state index contributed by atoms with van der Waals surface area (Å²) in [6.07, 6.45) is 1.85. The third-order valence-electron chi connectivity index (χ3n) is 5.43. The van der Waals surface area contributed by atoms with E-state index < -0.39 is 0 Å². The summed E-state index contributed by atoms with van der Waals surface area (Å²) in [7, 11) is 0. The third kappa shape index (κ3) is 4.63. The number of hydrogen-bond donors (Lipinski definition) is 0. The van der Waals surface area contributed by atoms with E-state index in [-0.39, 0.29) is 5.91 Å². The molecule has 1 heterocycles. The molecule has 4 aromatic rings. The van der Waals surface area contributed by atoms with Gasteiger partial charge in [0.25, 0.3) is 5.91 Å². The number of hydrazone groups is 1. The lowest BCUT2D eigenvalue weighted by atomic mass is 10.00. The van der Waals surface area contributed by atoms with Gasteiger partial charge >= 0.3 is 0 Å². The van der Waals surface area contributed by atoms with Crippen molar-refractivity contribution in [1.82, 2.24) is 0 Å². The third-order valence-corrected chi connectivity index (χ3v) is 5.66. The van der Waals surface area contributed by atoms with Crippen molar-refractivity contribution in [2.45, 2.75) is 6.61 Å². The number of carbonyl (C=O) groups excluding carboxylic acids is 1. The van der Waals surface area contributed by atoms with Crippen molar-refractivity contribution in [2.75, 3.05) is 5.01 Å². The molecule has 166 valence electrons. The summed E-state index contributed by atoms with van der Waals surface area (Å²) < 4.78 is 6.11. The normalized spacial score (nSPS) is 14.4. The number of para-hydroxylation sites is 2. The molecule has 0 aromatic heterocycles. The van der Waals surface area contributed by atoms with E-state index in [0.29, 0.717) is 28.7 Å². The van der Waals surface area contributed by atoms with Crippen LogP contribution in [0.25, 0.3) is 6.08 Å². The maximum atomic E-state index is 13.5. The molecule has 4 nitrogen and oxygen atoms in total. The molecule has 5 rings (SSSR count). The predicted molar refractivity (Wildman–Crippen MR) is 137 cm³/mol. The number of hydrogen-bond acceptors (Lipinski definition) is 3. The highest BCUT2D eigenvalue weighted by Crippen LogP contribution is 2.30. The Labute approximate surface area is 203 Å². The Kier molecular flexibility index (Phi) is 6.23. The fourth-order valence-electron chi connectivity index (χ4n) is 3.77. The lowest BCUT2D eigenvalue weighted by Gasteiger charge is -2.12. The first-order valence-electron chi connectivity index (χ1n) is 10.9. The monoisotopic (exact) mass is 464 g/mol. The van der Waals surface area contributed by atoms with Gasteiger partial charge in [0, 0.05) is 16.1 Å². The zero-order valence-corrected chi connectivity index (χ0v) is 19.0. The Balaban J connectivity index is 1.52. The molecule has 4 aromatic carbocycles. The summed E-state index contributed by atoms with van der Waals surface area (Å²) >= 11 is 6.11. The summed E-state index contributed by atoms with van der Waals surface area (Å²) in [4.78, 5) is 13.5. The summed E-state index contributed by atoms with van der Waals surface area (Å²) in [5.41, 5.74) is 4.49. The van der Waals surface area contributed by atoms with Crippen molar-refractivity contribution >= 4 is 35.0 Å². The van der Waals surface area contributed by atoms with Crippen LogP contribution in [0.5, 0.6) is 5.75 Å². The highest BCUT2D eigenvalue weighted by atomic mass is 35.5. The summed E-state index contributed by atoms with van der Waals surface area (Å²) in [6, 6.07) is 34.4. The lowest BCUT2D eigenvalue weighted by molar-refractivity contribution is -0.114. The maximum absolute atomic E-state index is 13.5. The second kappa shape index (κ2) is 9.77. The summed E-state index contributed by atoms with van der Waals surface area (Å²) in [6.45, 7) is 0.366. The standard InChI is InChI=1S/C29H21ClN2O2/c30-24-14-9-10-21(18-24)20-34-27-17-8-7-13-23(27)19-26-28(22-11-3-1-4-12-22)31-32(29(26)33)25-15-5-2-6-16-25/h1-19H,20H2/b26-19-. The van der Waals surface area contributed by atoms with E-state index in [1.54, 1.807) is 0 Å². The molecular formula is C29H21ClN2O2. The van der Waals surface area contributed by atoms with E-state index >= 15 is 0 Å². The van der Waals surface area contributed by atoms with Crippen LogP contribution in [0.2, 0.25) is 5.02 Å². The maximum Gasteiger partial charge on any atom is 0.281 e. The van der Waals surface area contributed by atoms with Crippen LogP contribution >= 0.6 is 11.6 Å². The molecule has 0 spiro atoms. The largest absolute Gasteiger partial charge is 0.488 e. The van der Waals surface area contributed by atoms with Crippen molar-refractivity contribution in [1.29, 1.82) is 0 Å². The Hall–Kier alpha value is -4.15. The van der Waals surface area contributed by atoms with Gasteiger partial charge in [-0.05, 0) is 42.0 Å². The van der Waals surface area contributed by atoms with E-state index in [2.05, 4.69) is 0 Å². The van der Waals surface area contributed by atoms with Gasteiger partial charge in [0.15, 0.2) is 0 Å². The van der Waals surface area contributed by atoms with Gasteiger partial charge in [-0.15, -0.1) is 0 Å². The number of nitrogens with zero attached hydrogens (tertiary/aromatic N) is 2. The molecular weight excluding hydrogens is 444 g/mol. The highest BCUT2D eigenvalue weighted by Gasteiger charge is 2.32. The fourth-order valence-corrected chi connectivity index (χ4v) is 3.99. The van der Waals surface area contributed by atoms with Crippen LogP contribution in [-0.4, -0.2) is 11.6 Å². The van der Waals surface area contributed by atoms with E-state index in [4.69, 9.17) is 21.4 Å². The molecule has 0 radical (unpaired) electrons. The number of benzene rings is 4. The number of ether oxygens (including phenoxy) is 1. The van der Waals surface area contributed by atoms with Gasteiger partial charge in [0.05, 0.1) is 11.3 Å². The molecule has 0 fully saturated rings. The predicted octanol–water partition coefficient (Wildman–Crippen LogP) is 6.75. The van der Waals surface area contributed by atoms with E-state index in [1.165, 1.54) is 5.01 Å². The second-order valence-electron chi connectivity index (χ2n) is 7.78. The van der Waals surface area contributed by atoms with Crippen molar-refractivity contribution in [3.05, 3.63) is 136 Å². The molecule has 1 aliphatic heterocycles. The van der Waals surface area contributed by atoms with Gasteiger partial charge in [-0.25, -0.2) is 0 Å². The van der Waals surface area contributed by atoms with Gasteiger partial charge in [-0.3, -0.25) is 4.79 Å². The minimum Gasteiger partial charge on any atom is -0.488 e. The molecule has 1 amide bonds. The minimum atomic E-state index is -0.185. The van der Waals surface area contributed by atoms with E-state index in [0.717, 1.165) is 22.4 Å². The van der Waals surface area contributed by atoms with Crippen LogP contribution in [-0.2, 0) is 11.4 Å².